The molecule has 1 aromatic rings. The lowest BCUT2D eigenvalue weighted by molar-refractivity contribution is 0.0201. The maximum absolute atomic E-state index is 12.1. The van der Waals surface area contributed by atoms with Gasteiger partial charge in [0.1, 0.15) is 5.60 Å². The highest BCUT2D eigenvalue weighted by molar-refractivity contribution is 6.42. The van der Waals surface area contributed by atoms with Crippen LogP contribution in [0.25, 0.3) is 0 Å². The molecule has 112 valence electrons. The zero-order chi connectivity index (χ0) is 15.3. The van der Waals surface area contributed by atoms with Crippen LogP contribution in [0, 0.1) is 0 Å². The largest absolute Gasteiger partial charge is 0.444 e. The van der Waals surface area contributed by atoms with Crippen molar-refractivity contribution in [2.75, 3.05) is 13.2 Å². The minimum atomic E-state index is -0.594. The number of aliphatic hydroxyl groups excluding tert-OH is 1. The maximum Gasteiger partial charge on any atom is 0.410 e. The Morgan fingerprint density at radius 1 is 1.35 bits per heavy atom. The van der Waals surface area contributed by atoms with E-state index in [0.29, 0.717) is 15.6 Å². The second kappa shape index (κ2) is 7.16. The van der Waals surface area contributed by atoms with Gasteiger partial charge in [-0.2, -0.15) is 0 Å². The van der Waals surface area contributed by atoms with Crippen LogP contribution in [-0.2, 0) is 11.3 Å². The molecule has 0 fully saturated rings. The predicted molar refractivity (Wildman–Crippen MR) is 80.2 cm³/mol. The molecule has 1 aromatic carbocycles. The summed E-state index contributed by atoms with van der Waals surface area (Å²) < 4.78 is 5.29. The molecule has 6 heteroatoms. The van der Waals surface area contributed by atoms with E-state index in [2.05, 4.69) is 0 Å². The predicted octanol–water partition coefficient (Wildman–Crippen LogP) is 3.72. The van der Waals surface area contributed by atoms with Gasteiger partial charge in [0.05, 0.1) is 23.2 Å². The second-order valence-corrected chi connectivity index (χ2v) is 6.12. The number of benzene rings is 1. The molecule has 0 atom stereocenters. The Labute approximate surface area is 129 Å². The van der Waals surface area contributed by atoms with E-state index >= 15 is 0 Å². The molecule has 0 unspecified atom stereocenters. The Morgan fingerprint density at radius 3 is 2.55 bits per heavy atom. The van der Waals surface area contributed by atoms with Gasteiger partial charge in [0.15, 0.2) is 0 Å². The number of rotatable bonds is 4. The monoisotopic (exact) mass is 319 g/mol. The molecule has 0 bridgehead atoms. The first-order valence-electron chi connectivity index (χ1n) is 6.26. The molecule has 0 saturated heterocycles. The van der Waals surface area contributed by atoms with Crippen molar-refractivity contribution < 1.29 is 14.6 Å². The van der Waals surface area contributed by atoms with E-state index in [4.69, 9.17) is 33.0 Å². The van der Waals surface area contributed by atoms with Crippen LogP contribution in [0.4, 0.5) is 4.79 Å². The van der Waals surface area contributed by atoms with Crippen LogP contribution in [0.15, 0.2) is 18.2 Å². The second-order valence-electron chi connectivity index (χ2n) is 5.34. The third-order valence-corrected chi connectivity index (χ3v) is 3.27. The van der Waals surface area contributed by atoms with E-state index in [1.165, 1.54) is 4.90 Å². The molecule has 0 heterocycles. The molecule has 4 nitrogen and oxygen atoms in total. The molecule has 1 N–H and O–H groups in total. The number of carbonyl (C=O) groups is 1. The van der Waals surface area contributed by atoms with Gasteiger partial charge in [-0.1, -0.05) is 35.3 Å². The highest BCUT2D eigenvalue weighted by Crippen LogP contribution is 2.26. The number of nitrogens with zero attached hydrogens (tertiary/aromatic N) is 1. The van der Waals surface area contributed by atoms with Crippen molar-refractivity contribution in [3.63, 3.8) is 0 Å². The lowest BCUT2D eigenvalue weighted by Gasteiger charge is -2.27. The summed E-state index contributed by atoms with van der Waals surface area (Å²) in [4.78, 5) is 13.5. The van der Waals surface area contributed by atoms with Crippen LogP contribution >= 0.6 is 23.2 Å². The van der Waals surface area contributed by atoms with Crippen LogP contribution in [0.1, 0.15) is 26.3 Å². The third-order valence-electron chi connectivity index (χ3n) is 2.41. The van der Waals surface area contributed by atoms with Crippen molar-refractivity contribution in [2.24, 2.45) is 0 Å². The quantitative estimate of drug-likeness (QED) is 0.920. The van der Waals surface area contributed by atoms with Crippen LogP contribution in [0.5, 0.6) is 0 Å². The fourth-order valence-electron chi connectivity index (χ4n) is 1.56. The van der Waals surface area contributed by atoms with Gasteiger partial charge >= 0.3 is 6.09 Å². The molecule has 0 aliphatic rings. The number of hydrogen-bond acceptors (Lipinski definition) is 3. The van der Waals surface area contributed by atoms with Gasteiger partial charge in [0.25, 0.3) is 0 Å². The smallest absolute Gasteiger partial charge is 0.410 e. The highest BCUT2D eigenvalue weighted by Gasteiger charge is 2.22. The van der Waals surface area contributed by atoms with E-state index in [0.717, 1.165) is 0 Å². The summed E-state index contributed by atoms with van der Waals surface area (Å²) in [6, 6.07) is 5.22. The molecule has 0 radical (unpaired) electrons. The Morgan fingerprint density at radius 2 is 2.00 bits per heavy atom. The van der Waals surface area contributed by atoms with E-state index in [-0.39, 0.29) is 19.7 Å². The Bertz CT molecular complexity index is 472. The average Bonchev–Trinajstić information content (AvgIpc) is 2.32. The highest BCUT2D eigenvalue weighted by atomic mass is 35.5. The lowest BCUT2D eigenvalue weighted by Crippen LogP contribution is -2.38. The van der Waals surface area contributed by atoms with Crippen molar-refractivity contribution in [3.05, 3.63) is 33.8 Å². The normalized spacial score (nSPS) is 11.3. The van der Waals surface area contributed by atoms with Crippen molar-refractivity contribution in [2.45, 2.75) is 32.9 Å². The van der Waals surface area contributed by atoms with Gasteiger partial charge in [-0.25, -0.2) is 4.79 Å². The summed E-state index contributed by atoms with van der Waals surface area (Å²) in [6.07, 6.45) is -0.498. The average molecular weight is 320 g/mol. The number of halogens is 2. The van der Waals surface area contributed by atoms with Crippen LogP contribution in [0.3, 0.4) is 0 Å². The van der Waals surface area contributed by atoms with Gasteiger partial charge in [-0.15, -0.1) is 0 Å². The first-order chi connectivity index (χ1) is 9.24. The molecule has 1 rings (SSSR count). The van der Waals surface area contributed by atoms with Gasteiger partial charge < -0.3 is 14.7 Å². The van der Waals surface area contributed by atoms with Crippen molar-refractivity contribution >= 4 is 29.3 Å². The van der Waals surface area contributed by atoms with Crippen molar-refractivity contribution in [1.29, 1.82) is 0 Å². The van der Waals surface area contributed by atoms with E-state index in [1.807, 2.05) is 0 Å². The van der Waals surface area contributed by atoms with Crippen LogP contribution in [-0.4, -0.2) is 34.9 Å². The molecular formula is C14H19Cl2NO3. The number of carbonyl (C=O) groups excluding carboxylic acids is 1. The number of ether oxygens (including phenoxy) is 1. The van der Waals surface area contributed by atoms with E-state index in [1.54, 1.807) is 39.0 Å². The van der Waals surface area contributed by atoms with Crippen molar-refractivity contribution in [3.8, 4) is 0 Å². The van der Waals surface area contributed by atoms with E-state index < -0.39 is 11.7 Å². The maximum atomic E-state index is 12.1. The number of hydrogen-bond donors (Lipinski definition) is 1. The molecule has 0 aliphatic carbocycles. The van der Waals surface area contributed by atoms with Crippen LogP contribution < -0.4 is 0 Å². The molecule has 0 spiro atoms. The van der Waals surface area contributed by atoms with Gasteiger partial charge in [-0.3, -0.25) is 0 Å². The molecule has 0 saturated carbocycles. The van der Waals surface area contributed by atoms with Crippen LogP contribution in [0.2, 0.25) is 10.0 Å². The first kappa shape index (κ1) is 17.1. The molecule has 20 heavy (non-hydrogen) atoms. The molecule has 0 aliphatic heterocycles. The summed E-state index contributed by atoms with van der Waals surface area (Å²) in [5.74, 6) is 0. The molecular weight excluding hydrogens is 301 g/mol. The first-order valence-corrected chi connectivity index (χ1v) is 7.02. The van der Waals surface area contributed by atoms with Gasteiger partial charge in [0, 0.05) is 6.54 Å². The third kappa shape index (κ3) is 5.19. The summed E-state index contributed by atoms with van der Waals surface area (Å²) in [6.45, 7) is 5.60. The minimum absolute atomic E-state index is 0.155. The van der Waals surface area contributed by atoms with E-state index in [9.17, 15) is 4.79 Å². The number of aliphatic hydroxyl groups is 1. The fourth-order valence-corrected chi connectivity index (χ4v) is 1.94. The summed E-state index contributed by atoms with van der Waals surface area (Å²) in [5.41, 5.74) is 0.113. The lowest BCUT2D eigenvalue weighted by atomic mass is 10.2. The minimum Gasteiger partial charge on any atom is -0.444 e. The van der Waals surface area contributed by atoms with Crippen molar-refractivity contribution in [1.82, 2.24) is 4.90 Å². The van der Waals surface area contributed by atoms with Gasteiger partial charge in [-0.05, 0) is 32.4 Å². The van der Waals surface area contributed by atoms with Gasteiger partial charge in [0.2, 0.25) is 0 Å². The molecule has 1 amide bonds. The summed E-state index contributed by atoms with van der Waals surface area (Å²) >= 11 is 12.0. The SMILES string of the molecule is CC(C)(C)OC(=O)N(CCO)Cc1cccc(Cl)c1Cl. The molecule has 0 aromatic heterocycles. The standard InChI is InChI=1S/C14H19Cl2NO3/c1-14(2,3)20-13(19)17(7-8-18)9-10-5-4-6-11(15)12(10)16/h4-6,18H,7-9H2,1-3H3. The Hall–Kier alpha value is -0.970. The zero-order valence-corrected chi connectivity index (χ0v) is 13.3. The number of amides is 1. The summed E-state index contributed by atoms with van der Waals surface area (Å²) in [7, 11) is 0. The Balaban J connectivity index is 2.87. The zero-order valence-electron chi connectivity index (χ0n) is 11.8. The fraction of sp³-hybridized carbons (Fsp3) is 0.500. The Kier molecular flexibility index (Phi) is 6.11. The topological polar surface area (TPSA) is 49.8 Å². The summed E-state index contributed by atoms with van der Waals surface area (Å²) in [5, 5.41) is 9.91.